The minimum Gasteiger partial charge on any atom is -0.383 e. The number of hydrogen-bond acceptors (Lipinski definition) is 6. The largest absolute Gasteiger partial charge is 0.383 e. The van der Waals surface area contributed by atoms with Gasteiger partial charge < -0.3 is 5.73 Å². The topological polar surface area (TPSA) is 103 Å². The summed E-state index contributed by atoms with van der Waals surface area (Å²) in [5, 5.41) is 19.6. The van der Waals surface area contributed by atoms with Gasteiger partial charge >= 0.3 is 0 Å². The number of nitrogens with zero attached hydrogens (tertiary/aromatic N) is 3. The van der Waals surface area contributed by atoms with Crippen molar-refractivity contribution in [1.29, 1.82) is 10.5 Å². The van der Waals surface area contributed by atoms with Crippen LogP contribution in [-0.2, 0) is 0 Å². The van der Waals surface area contributed by atoms with E-state index in [1.807, 2.05) is 18.2 Å². The number of hydrogen-bond donors (Lipinski definition) is 1. The zero-order valence-electron chi connectivity index (χ0n) is 14.8. The van der Waals surface area contributed by atoms with Crippen LogP contribution in [0.1, 0.15) is 29.6 Å². The van der Waals surface area contributed by atoms with Gasteiger partial charge in [-0.05, 0) is 25.2 Å². The van der Waals surface area contributed by atoms with Crippen LogP contribution in [0.2, 0.25) is 0 Å². The molecular formula is C21H20N4OS. The standard InChI is InChI=1S/C21H20N4OS/c22-11-17-13-25-20(24)18(12-23)21(17,16-9-5-2-6-10-16)27-14-19(26)15-7-3-1-4-8-15/h1-5,7-8,13,16-17H,6,9-10,14,24H2. The number of benzene rings is 1. The van der Waals surface area contributed by atoms with Crippen molar-refractivity contribution in [3.8, 4) is 12.1 Å². The highest BCUT2D eigenvalue weighted by atomic mass is 32.2. The predicted molar refractivity (Wildman–Crippen MR) is 107 cm³/mol. The van der Waals surface area contributed by atoms with Gasteiger partial charge in [0.2, 0.25) is 0 Å². The lowest BCUT2D eigenvalue weighted by Crippen LogP contribution is -2.48. The lowest BCUT2D eigenvalue weighted by atomic mass is 9.71. The van der Waals surface area contributed by atoms with E-state index in [0.29, 0.717) is 11.1 Å². The molecule has 0 saturated carbocycles. The Morgan fingerprint density at radius 2 is 2.07 bits per heavy atom. The zero-order chi connectivity index (χ0) is 19.3. The third kappa shape index (κ3) is 3.54. The molecule has 1 aliphatic carbocycles. The third-order valence-electron chi connectivity index (χ3n) is 5.14. The van der Waals surface area contributed by atoms with Gasteiger partial charge in [0, 0.05) is 11.8 Å². The van der Waals surface area contributed by atoms with Gasteiger partial charge in [0.25, 0.3) is 0 Å². The van der Waals surface area contributed by atoms with Crippen molar-refractivity contribution < 1.29 is 4.79 Å². The smallest absolute Gasteiger partial charge is 0.172 e. The molecule has 1 aromatic rings. The van der Waals surface area contributed by atoms with E-state index >= 15 is 0 Å². The van der Waals surface area contributed by atoms with Crippen molar-refractivity contribution in [3.05, 3.63) is 59.4 Å². The van der Waals surface area contributed by atoms with Gasteiger partial charge in [0.1, 0.15) is 17.8 Å². The molecule has 0 saturated heterocycles. The lowest BCUT2D eigenvalue weighted by molar-refractivity contribution is 0.102. The Labute approximate surface area is 163 Å². The fourth-order valence-electron chi connectivity index (χ4n) is 3.77. The summed E-state index contributed by atoms with van der Waals surface area (Å²) in [7, 11) is 0. The van der Waals surface area contributed by atoms with Gasteiger partial charge in [-0.15, -0.1) is 11.8 Å². The first-order chi connectivity index (χ1) is 13.1. The van der Waals surface area contributed by atoms with Crippen LogP contribution in [0.3, 0.4) is 0 Å². The zero-order valence-corrected chi connectivity index (χ0v) is 15.7. The summed E-state index contributed by atoms with van der Waals surface area (Å²) in [5.41, 5.74) is 6.98. The summed E-state index contributed by atoms with van der Waals surface area (Å²) in [5.74, 6) is -0.265. The van der Waals surface area contributed by atoms with Gasteiger partial charge in [-0.1, -0.05) is 42.5 Å². The molecule has 1 aromatic carbocycles. The van der Waals surface area contributed by atoms with E-state index in [2.05, 4.69) is 29.3 Å². The monoisotopic (exact) mass is 376 g/mol. The van der Waals surface area contributed by atoms with E-state index in [9.17, 15) is 15.3 Å². The van der Waals surface area contributed by atoms with Crippen LogP contribution in [0.4, 0.5) is 0 Å². The van der Waals surface area contributed by atoms with Crippen LogP contribution in [0, 0.1) is 34.5 Å². The van der Waals surface area contributed by atoms with E-state index < -0.39 is 10.7 Å². The number of Topliss-reactive ketones (excluding diaryl/α,β-unsaturated/α-hetero) is 1. The molecule has 3 atom stereocenters. The maximum atomic E-state index is 12.7. The fourth-order valence-corrected chi connectivity index (χ4v) is 5.35. The summed E-state index contributed by atoms with van der Waals surface area (Å²) in [6, 6.07) is 13.6. The molecule has 0 aromatic heterocycles. The first kappa shape index (κ1) is 18.9. The van der Waals surface area contributed by atoms with Crippen LogP contribution in [-0.4, -0.2) is 22.5 Å². The summed E-state index contributed by atoms with van der Waals surface area (Å²) < 4.78 is -0.857. The molecule has 0 radical (unpaired) electrons. The Morgan fingerprint density at radius 3 is 2.70 bits per heavy atom. The SMILES string of the molecule is N#CC1=C(N)N=CC(C#N)C1(SCC(=O)c1ccccc1)C1CC=CCC1. The number of carbonyl (C=O) groups excluding carboxylic acids is 1. The Bertz CT molecular complexity index is 891. The van der Waals surface area contributed by atoms with Crippen LogP contribution >= 0.6 is 11.8 Å². The maximum Gasteiger partial charge on any atom is 0.172 e. The fraction of sp³-hybridized carbons (Fsp3) is 0.333. The molecule has 3 rings (SSSR count). The molecule has 3 unspecified atom stereocenters. The molecule has 0 spiro atoms. The van der Waals surface area contributed by atoms with Crippen LogP contribution < -0.4 is 5.73 Å². The van der Waals surface area contributed by atoms with Gasteiger partial charge in [-0.3, -0.25) is 4.79 Å². The maximum absolute atomic E-state index is 12.7. The van der Waals surface area contributed by atoms with E-state index in [1.54, 1.807) is 12.1 Å². The predicted octanol–water partition coefficient (Wildman–Crippen LogP) is 3.62. The molecule has 0 bridgehead atoms. The number of rotatable bonds is 5. The van der Waals surface area contributed by atoms with Crippen LogP contribution in [0.15, 0.2) is 58.9 Å². The van der Waals surface area contributed by atoms with Gasteiger partial charge in [-0.25, -0.2) is 4.99 Å². The number of nitrogens with two attached hydrogens (primary N) is 1. The van der Waals surface area contributed by atoms with E-state index in [4.69, 9.17) is 5.73 Å². The van der Waals surface area contributed by atoms with Crippen LogP contribution in [0.5, 0.6) is 0 Å². The summed E-state index contributed by atoms with van der Waals surface area (Å²) in [6.07, 6.45) is 8.20. The lowest BCUT2D eigenvalue weighted by Gasteiger charge is -2.44. The van der Waals surface area contributed by atoms with Gasteiger partial charge in [0.05, 0.1) is 22.1 Å². The quantitative estimate of drug-likeness (QED) is 0.624. The second kappa shape index (κ2) is 8.24. The average Bonchev–Trinajstić information content (AvgIpc) is 2.73. The van der Waals surface area contributed by atoms with Gasteiger partial charge in [-0.2, -0.15) is 10.5 Å². The Morgan fingerprint density at radius 1 is 1.30 bits per heavy atom. The van der Waals surface area contributed by atoms with E-state index in [0.717, 1.165) is 19.3 Å². The first-order valence-corrected chi connectivity index (χ1v) is 9.83. The second-order valence-electron chi connectivity index (χ2n) is 6.61. The normalized spacial score (nSPS) is 27.0. The number of thioether (sulfide) groups is 1. The van der Waals surface area contributed by atoms with Crippen molar-refractivity contribution in [1.82, 2.24) is 0 Å². The number of allylic oxidation sites excluding steroid dienone is 2. The second-order valence-corrected chi connectivity index (χ2v) is 7.86. The number of nitriles is 2. The molecule has 27 heavy (non-hydrogen) atoms. The van der Waals surface area contributed by atoms with Crippen molar-refractivity contribution >= 4 is 23.8 Å². The van der Waals surface area contributed by atoms with Crippen molar-refractivity contribution in [3.63, 3.8) is 0 Å². The average molecular weight is 376 g/mol. The highest BCUT2D eigenvalue weighted by molar-refractivity contribution is 8.01. The molecule has 136 valence electrons. The number of ketones is 1. The van der Waals surface area contributed by atoms with Gasteiger partial charge in [0.15, 0.2) is 5.78 Å². The van der Waals surface area contributed by atoms with Crippen molar-refractivity contribution in [2.45, 2.75) is 24.0 Å². The molecule has 0 amide bonds. The molecular weight excluding hydrogens is 356 g/mol. The molecule has 5 nitrogen and oxygen atoms in total. The first-order valence-electron chi connectivity index (χ1n) is 8.84. The highest BCUT2D eigenvalue weighted by Gasteiger charge is 2.51. The van der Waals surface area contributed by atoms with Crippen molar-refractivity contribution in [2.24, 2.45) is 22.6 Å². The Kier molecular flexibility index (Phi) is 5.78. The number of carbonyl (C=O) groups is 1. The molecule has 2 aliphatic rings. The van der Waals surface area contributed by atoms with E-state index in [1.165, 1.54) is 18.0 Å². The number of aliphatic imine (C=N–C) groups is 1. The van der Waals surface area contributed by atoms with Crippen molar-refractivity contribution in [2.75, 3.05) is 5.75 Å². The van der Waals surface area contributed by atoms with Crippen LogP contribution in [0.25, 0.3) is 0 Å². The minimum atomic E-state index is -0.857. The molecule has 0 fully saturated rings. The minimum absolute atomic E-state index is 0.0265. The Balaban J connectivity index is 1.99. The summed E-state index contributed by atoms with van der Waals surface area (Å²) >= 11 is 1.37. The summed E-state index contributed by atoms with van der Waals surface area (Å²) in [6.45, 7) is 0. The third-order valence-corrected chi connectivity index (χ3v) is 6.81. The summed E-state index contributed by atoms with van der Waals surface area (Å²) in [4.78, 5) is 16.8. The molecule has 1 aliphatic heterocycles. The highest BCUT2D eigenvalue weighted by Crippen LogP contribution is 2.51. The Hall–Kier alpha value is -2.83. The molecule has 2 N–H and O–H groups in total. The molecule has 6 heteroatoms. The van der Waals surface area contributed by atoms with E-state index in [-0.39, 0.29) is 23.3 Å². The molecule has 1 heterocycles.